The molecule has 3 rings (SSSR count). The summed E-state index contributed by atoms with van der Waals surface area (Å²) < 4.78 is 36.9. The molecule has 2 aromatic heterocycles. The monoisotopic (exact) mass is 251 g/mol. The van der Waals surface area contributed by atoms with Gasteiger partial charge in [-0.05, 0) is 6.07 Å². The molecule has 0 spiro atoms. The van der Waals surface area contributed by atoms with Crippen LogP contribution < -0.4 is 0 Å². The van der Waals surface area contributed by atoms with Gasteiger partial charge in [-0.1, -0.05) is 18.2 Å². The van der Waals surface area contributed by atoms with E-state index in [1.54, 1.807) is 0 Å². The molecule has 92 valence electrons. The largest absolute Gasteiger partial charge is 0.396 e. The predicted molar refractivity (Wildman–Crippen MR) is 61.2 cm³/mol. The van der Waals surface area contributed by atoms with Gasteiger partial charge in [-0.15, -0.1) is 0 Å². The fourth-order valence-corrected chi connectivity index (χ4v) is 1.92. The zero-order valence-corrected chi connectivity index (χ0v) is 9.12. The van der Waals surface area contributed by atoms with Gasteiger partial charge in [-0.2, -0.15) is 13.2 Å². The number of para-hydroxylation sites is 1. The van der Waals surface area contributed by atoms with E-state index in [2.05, 4.69) is 15.0 Å². The van der Waals surface area contributed by atoms with E-state index in [1.807, 2.05) is 24.3 Å². The number of alkyl halides is 3. The number of aromatic nitrogens is 3. The van der Waals surface area contributed by atoms with Gasteiger partial charge >= 0.3 is 6.18 Å². The van der Waals surface area contributed by atoms with Crippen LogP contribution in [0.25, 0.3) is 21.9 Å². The zero-order valence-electron chi connectivity index (χ0n) is 9.12. The number of hydrogen-bond acceptors (Lipinski definition) is 2. The molecule has 0 aliphatic carbocycles. The third-order valence-corrected chi connectivity index (χ3v) is 2.65. The van der Waals surface area contributed by atoms with E-state index in [0.29, 0.717) is 11.0 Å². The number of nitrogens with zero attached hydrogens (tertiary/aromatic N) is 2. The van der Waals surface area contributed by atoms with Crippen molar-refractivity contribution in [2.45, 2.75) is 12.6 Å². The van der Waals surface area contributed by atoms with E-state index in [-0.39, 0.29) is 5.82 Å². The summed E-state index contributed by atoms with van der Waals surface area (Å²) in [7, 11) is 0. The number of H-pyrrole nitrogens is 1. The molecular weight excluding hydrogens is 243 g/mol. The van der Waals surface area contributed by atoms with Gasteiger partial charge in [0.05, 0.1) is 17.2 Å². The van der Waals surface area contributed by atoms with E-state index in [4.69, 9.17) is 0 Å². The third-order valence-electron chi connectivity index (χ3n) is 2.65. The molecule has 18 heavy (non-hydrogen) atoms. The Kier molecular flexibility index (Phi) is 2.26. The van der Waals surface area contributed by atoms with Crippen LogP contribution in [0.5, 0.6) is 0 Å². The Morgan fingerprint density at radius 2 is 1.89 bits per heavy atom. The molecule has 2 heterocycles. The molecule has 6 heteroatoms. The molecule has 0 amide bonds. The highest BCUT2D eigenvalue weighted by Gasteiger charge is 2.29. The Hall–Kier alpha value is -2.11. The van der Waals surface area contributed by atoms with Gasteiger partial charge in [0.25, 0.3) is 0 Å². The van der Waals surface area contributed by atoms with Crippen molar-refractivity contribution in [2.75, 3.05) is 0 Å². The fourth-order valence-electron chi connectivity index (χ4n) is 1.92. The quantitative estimate of drug-likeness (QED) is 0.721. The Labute approximate surface area is 99.7 Å². The number of hydrogen-bond donors (Lipinski definition) is 1. The van der Waals surface area contributed by atoms with Crippen molar-refractivity contribution < 1.29 is 13.2 Å². The molecule has 1 aromatic carbocycles. The minimum atomic E-state index is -4.29. The van der Waals surface area contributed by atoms with Crippen molar-refractivity contribution >= 4 is 21.9 Å². The van der Waals surface area contributed by atoms with E-state index in [0.717, 1.165) is 10.9 Å². The first-order valence-electron chi connectivity index (χ1n) is 5.32. The van der Waals surface area contributed by atoms with Crippen LogP contribution in [0.2, 0.25) is 0 Å². The number of rotatable bonds is 1. The lowest BCUT2D eigenvalue weighted by Gasteiger charge is -2.04. The molecule has 0 saturated heterocycles. The first-order valence-corrected chi connectivity index (χ1v) is 5.32. The summed E-state index contributed by atoms with van der Waals surface area (Å²) in [6.45, 7) is 0. The highest BCUT2D eigenvalue weighted by atomic mass is 19.4. The van der Waals surface area contributed by atoms with Crippen LogP contribution in [0.3, 0.4) is 0 Å². The molecule has 0 aliphatic heterocycles. The maximum absolute atomic E-state index is 12.3. The first kappa shape index (κ1) is 11.0. The Morgan fingerprint density at radius 1 is 1.11 bits per heavy atom. The van der Waals surface area contributed by atoms with Crippen molar-refractivity contribution in [3.63, 3.8) is 0 Å². The topological polar surface area (TPSA) is 41.6 Å². The third kappa shape index (κ3) is 1.90. The molecule has 3 aromatic rings. The Balaban J connectivity index is 2.18. The lowest BCUT2D eigenvalue weighted by Crippen LogP contribution is -2.13. The van der Waals surface area contributed by atoms with Crippen LogP contribution in [0.15, 0.2) is 30.5 Å². The highest BCUT2D eigenvalue weighted by molar-refractivity contribution is 6.04. The zero-order chi connectivity index (χ0) is 12.8. The summed E-state index contributed by atoms with van der Waals surface area (Å²) in [4.78, 5) is 10.8. The first-order chi connectivity index (χ1) is 8.53. The van der Waals surface area contributed by atoms with Crippen molar-refractivity contribution in [1.82, 2.24) is 15.0 Å². The summed E-state index contributed by atoms with van der Waals surface area (Å²) >= 11 is 0. The molecular formula is C12H8F3N3. The molecule has 0 unspecified atom stereocenters. The number of aromatic amines is 1. The maximum Gasteiger partial charge on any atom is 0.396 e. The molecule has 0 atom stereocenters. The summed E-state index contributed by atoms with van der Waals surface area (Å²) in [6.07, 6.45) is -4.01. The van der Waals surface area contributed by atoms with Crippen LogP contribution in [-0.4, -0.2) is 21.1 Å². The smallest absolute Gasteiger partial charge is 0.352 e. The molecule has 1 N–H and O–H groups in total. The van der Waals surface area contributed by atoms with Crippen LogP contribution in [0, 0.1) is 0 Å². The molecule has 0 aliphatic rings. The minimum absolute atomic E-state index is 0.209. The van der Waals surface area contributed by atoms with Gasteiger partial charge in [0.15, 0.2) is 0 Å². The van der Waals surface area contributed by atoms with Gasteiger partial charge in [0.1, 0.15) is 12.2 Å². The van der Waals surface area contributed by atoms with Gasteiger partial charge < -0.3 is 4.98 Å². The summed E-state index contributed by atoms with van der Waals surface area (Å²) in [6, 6.07) is 7.34. The van der Waals surface area contributed by atoms with Crippen molar-refractivity contribution in [3.8, 4) is 0 Å². The van der Waals surface area contributed by atoms with Crippen molar-refractivity contribution in [1.29, 1.82) is 0 Å². The summed E-state index contributed by atoms with van der Waals surface area (Å²) in [5.41, 5.74) is 2.01. The Bertz CT molecular complexity index is 715. The standard InChI is InChI=1S/C12H8F3N3/c13-12(14,15)5-10-16-6-9-11(18-10)7-3-1-2-4-8(7)17-9/h1-4,6,17H,5H2. The average Bonchev–Trinajstić information content (AvgIpc) is 2.65. The van der Waals surface area contributed by atoms with Crippen molar-refractivity contribution in [3.05, 3.63) is 36.3 Å². The Morgan fingerprint density at radius 3 is 2.67 bits per heavy atom. The normalized spacial score (nSPS) is 12.4. The van der Waals surface area contributed by atoms with Crippen LogP contribution in [0.4, 0.5) is 13.2 Å². The summed E-state index contributed by atoms with van der Waals surface area (Å²) in [5, 5.41) is 0.804. The van der Waals surface area contributed by atoms with E-state index < -0.39 is 12.6 Å². The van der Waals surface area contributed by atoms with Gasteiger partial charge in [0.2, 0.25) is 0 Å². The minimum Gasteiger partial charge on any atom is -0.352 e. The number of halogens is 3. The molecule has 3 nitrogen and oxygen atoms in total. The van der Waals surface area contributed by atoms with E-state index >= 15 is 0 Å². The molecule has 0 saturated carbocycles. The fraction of sp³-hybridized carbons (Fsp3) is 0.167. The van der Waals surface area contributed by atoms with Gasteiger partial charge in [-0.3, -0.25) is 0 Å². The van der Waals surface area contributed by atoms with Crippen molar-refractivity contribution in [2.24, 2.45) is 0 Å². The summed E-state index contributed by atoms with van der Waals surface area (Å²) in [5.74, 6) is -0.209. The van der Waals surface area contributed by atoms with Crippen LogP contribution in [-0.2, 0) is 6.42 Å². The van der Waals surface area contributed by atoms with E-state index in [1.165, 1.54) is 6.20 Å². The molecule has 0 bridgehead atoms. The lowest BCUT2D eigenvalue weighted by molar-refractivity contribution is -0.128. The average molecular weight is 251 g/mol. The molecule has 0 fully saturated rings. The highest BCUT2D eigenvalue weighted by Crippen LogP contribution is 2.24. The number of benzene rings is 1. The second-order valence-corrected chi connectivity index (χ2v) is 4.01. The predicted octanol–water partition coefficient (Wildman–Crippen LogP) is 3.22. The SMILES string of the molecule is FC(F)(F)Cc1ncc2[nH]c3ccccc3c2n1. The second-order valence-electron chi connectivity index (χ2n) is 4.01. The van der Waals surface area contributed by atoms with Crippen LogP contribution in [0.1, 0.15) is 5.82 Å². The maximum atomic E-state index is 12.3. The van der Waals surface area contributed by atoms with E-state index in [9.17, 15) is 13.2 Å². The van der Waals surface area contributed by atoms with Gasteiger partial charge in [-0.25, -0.2) is 9.97 Å². The second kappa shape index (κ2) is 3.69. The number of fused-ring (bicyclic) bond motifs is 3. The van der Waals surface area contributed by atoms with Crippen LogP contribution >= 0.6 is 0 Å². The number of nitrogens with one attached hydrogen (secondary N) is 1. The van der Waals surface area contributed by atoms with Gasteiger partial charge in [0, 0.05) is 10.9 Å². The molecule has 0 radical (unpaired) electrons. The lowest BCUT2D eigenvalue weighted by atomic mass is 10.2.